The summed E-state index contributed by atoms with van der Waals surface area (Å²) in [7, 11) is 1.33. The zero-order valence-electron chi connectivity index (χ0n) is 13.3. The minimum Gasteiger partial charge on any atom is -0.453 e. The van der Waals surface area contributed by atoms with Gasteiger partial charge in [0.05, 0.1) is 13.7 Å². The van der Waals surface area contributed by atoms with Crippen LogP contribution in [-0.4, -0.2) is 25.7 Å². The van der Waals surface area contributed by atoms with Crippen molar-refractivity contribution in [3.8, 4) is 0 Å². The summed E-state index contributed by atoms with van der Waals surface area (Å²) in [4.78, 5) is 15.3. The first kappa shape index (κ1) is 20.5. The number of nitrogens with one attached hydrogen (secondary N) is 2. The molecule has 0 saturated heterocycles. The molecule has 4 N–H and O–H groups in total. The normalized spacial score (nSPS) is 10.8. The highest BCUT2D eigenvalue weighted by atomic mass is 127. The molecule has 22 heavy (non-hydrogen) atoms. The third-order valence-electron chi connectivity index (χ3n) is 2.85. The fourth-order valence-electron chi connectivity index (χ4n) is 1.58. The first-order chi connectivity index (χ1) is 10.0. The Kier molecular flexibility index (Phi) is 10.3. The van der Waals surface area contributed by atoms with Crippen molar-refractivity contribution in [3.05, 3.63) is 29.8 Å². The van der Waals surface area contributed by atoms with Crippen molar-refractivity contribution in [2.75, 3.05) is 19.0 Å². The molecule has 1 amide bonds. The van der Waals surface area contributed by atoms with Crippen LogP contribution in [0.25, 0.3) is 0 Å². The van der Waals surface area contributed by atoms with Gasteiger partial charge < -0.3 is 15.8 Å². The lowest BCUT2D eigenvalue weighted by Crippen LogP contribution is -2.32. The van der Waals surface area contributed by atoms with Crippen molar-refractivity contribution < 1.29 is 9.53 Å². The van der Waals surface area contributed by atoms with E-state index >= 15 is 0 Å². The number of carbonyl (C=O) groups is 1. The standard InChI is InChI=1S/C15H24N4O2.HI/c1-11(2)8-9-17-14(16)18-10-12-4-6-13(7-5-12)19-15(20)21-3;/h4-7,11H,8-10H2,1-3H3,(H,19,20)(H3,16,17,18);1H. The molecule has 1 aromatic rings. The van der Waals surface area contributed by atoms with E-state index in [2.05, 4.69) is 34.2 Å². The van der Waals surface area contributed by atoms with E-state index in [1.807, 2.05) is 12.1 Å². The van der Waals surface area contributed by atoms with Gasteiger partial charge in [-0.1, -0.05) is 26.0 Å². The van der Waals surface area contributed by atoms with E-state index < -0.39 is 6.09 Å². The van der Waals surface area contributed by atoms with Crippen LogP contribution in [0.4, 0.5) is 10.5 Å². The van der Waals surface area contributed by atoms with Crippen molar-refractivity contribution >= 4 is 41.7 Å². The van der Waals surface area contributed by atoms with Crippen LogP contribution in [0.2, 0.25) is 0 Å². The number of ether oxygens (including phenoxy) is 1. The maximum absolute atomic E-state index is 11.0. The number of aliphatic imine (C=N–C) groups is 1. The highest BCUT2D eigenvalue weighted by molar-refractivity contribution is 14.0. The van der Waals surface area contributed by atoms with Gasteiger partial charge in [-0.3, -0.25) is 5.32 Å². The van der Waals surface area contributed by atoms with Crippen LogP contribution in [0.3, 0.4) is 0 Å². The fourth-order valence-corrected chi connectivity index (χ4v) is 1.58. The number of nitrogens with zero attached hydrogens (tertiary/aromatic N) is 1. The summed E-state index contributed by atoms with van der Waals surface area (Å²) in [6.07, 6.45) is 0.573. The highest BCUT2D eigenvalue weighted by Crippen LogP contribution is 2.10. The number of amides is 1. The molecule has 0 aliphatic rings. The van der Waals surface area contributed by atoms with E-state index in [-0.39, 0.29) is 24.0 Å². The van der Waals surface area contributed by atoms with Gasteiger partial charge in [0.1, 0.15) is 0 Å². The lowest BCUT2D eigenvalue weighted by molar-refractivity contribution is 0.187. The summed E-state index contributed by atoms with van der Waals surface area (Å²) in [5.41, 5.74) is 7.48. The molecule has 0 fully saturated rings. The summed E-state index contributed by atoms with van der Waals surface area (Å²) in [5.74, 6) is 1.09. The van der Waals surface area contributed by atoms with Crippen molar-refractivity contribution in [3.63, 3.8) is 0 Å². The molecule has 0 spiro atoms. The second-order valence-electron chi connectivity index (χ2n) is 5.12. The van der Waals surface area contributed by atoms with E-state index in [0.29, 0.717) is 24.1 Å². The van der Waals surface area contributed by atoms with E-state index in [4.69, 9.17) is 5.73 Å². The molecule has 1 aromatic carbocycles. The molecule has 7 heteroatoms. The van der Waals surface area contributed by atoms with Gasteiger partial charge in [0.25, 0.3) is 0 Å². The average Bonchev–Trinajstić information content (AvgIpc) is 2.46. The molecule has 0 atom stereocenters. The van der Waals surface area contributed by atoms with Gasteiger partial charge in [-0.15, -0.1) is 24.0 Å². The smallest absolute Gasteiger partial charge is 0.411 e. The number of hydrogen-bond acceptors (Lipinski definition) is 3. The highest BCUT2D eigenvalue weighted by Gasteiger charge is 2.00. The minimum absolute atomic E-state index is 0. The van der Waals surface area contributed by atoms with Crippen molar-refractivity contribution in [1.82, 2.24) is 5.32 Å². The second-order valence-corrected chi connectivity index (χ2v) is 5.12. The van der Waals surface area contributed by atoms with Crippen LogP contribution in [0.1, 0.15) is 25.8 Å². The average molecular weight is 420 g/mol. The molecule has 0 aliphatic carbocycles. The summed E-state index contributed by atoms with van der Waals surface area (Å²) >= 11 is 0. The van der Waals surface area contributed by atoms with Gasteiger partial charge in [0, 0.05) is 12.2 Å². The van der Waals surface area contributed by atoms with Gasteiger partial charge in [0.15, 0.2) is 5.96 Å². The third-order valence-corrected chi connectivity index (χ3v) is 2.85. The molecule has 1 rings (SSSR count). The molecule has 0 unspecified atom stereocenters. The van der Waals surface area contributed by atoms with E-state index in [1.54, 1.807) is 12.1 Å². The van der Waals surface area contributed by atoms with Crippen LogP contribution < -0.4 is 16.4 Å². The first-order valence-electron chi connectivity index (χ1n) is 6.99. The SMILES string of the molecule is COC(=O)Nc1ccc(CN=C(N)NCCC(C)C)cc1.I. The first-order valence-corrected chi connectivity index (χ1v) is 6.99. The van der Waals surface area contributed by atoms with Gasteiger partial charge in [-0.25, -0.2) is 9.79 Å². The summed E-state index contributed by atoms with van der Waals surface area (Å²) < 4.78 is 4.52. The summed E-state index contributed by atoms with van der Waals surface area (Å²) in [6, 6.07) is 7.36. The summed E-state index contributed by atoms with van der Waals surface area (Å²) in [6.45, 7) is 5.66. The predicted molar refractivity (Wildman–Crippen MR) is 101 cm³/mol. The van der Waals surface area contributed by atoms with Gasteiger partial charge in [-0.2, -0.15) is 0 Å². The van der Waals surface area contributed by atoms with E-state index in [1.165, 1.54) is 7.11 Å². The predicted octanol–water partition coefficient (Wildman–Crippen LogP) is 2.93. The van der Waals surface area contributed by atoms with Crippen LogP contribution in [0.15, 0.2) is 29.3 Å². The second kappa shape index (κ2) is 11.1. The fraction of sp³-hybridized carbons (Fsp3) is 0.467. The number of carbonyl (C=O) groups excluding carboxylic acids is 1. The molecular weight excluding hydrogens is 395 g/mol. The van der Waals surface area contributed by atoms with Gasteiger partial charge >= 0.3 is 6.09 Å². The lowest BCUT2D eigenvalue weighted by atomic mass is 10.1. The topological polar surface area (TPSA) is 88.7 Å². The molecule has 0 aromatic heterocycles. The Hall–Kier alpha value is -1.51. The Bertz CT molecular complexity index is 475. The zero-order chi connectivity index (χ0) is 15.7. The van der Waals surface area contributed by atoms with Crippen LogP contribution in [0.5, 0.6) is 0 Å². The molecule has 6 nitrogen and oxygen atoms in total. The number of nitrogens with two attached hydrogens (primary N) is 1. The monoisotopic (exact) mass is 420 g/mol. The van der Waals surface area contributed by atoms with Gasteiger partial charge in [-0.05, 0) is 30.0 Å². The van der Waals surface area contributed by atoms with Gasteiger partial charge in [0.2, 0.25) is 0 Å². The van der Waals surface area contributed by atoms with Crippen molar-refractivity contribution in [2.45, 2.75) is 26.8 Å². The summed E-state index contributed by atoms with van der Waals surface area (Å²) in [5, 5.41) is 5.67. The maximum Gasteiger partial charge on any atom is 0.411 e. The number of guanidine groups is 1. The number of hydrogen-bond donors (Lipinski definition) is 3. The molecule has 0 aliphatic heterocycles. The molecular formula is C15H25IN4O2. The number of anilines is 1. The van der Waals surface area contributed by atoms with Crippen LogP contribution >= 0.6 is 24.0 Å². The van der Waals surface area contributed by atoms with Crippen molar-refractivity contribution in [2.24, 2.45) is 16.6 Å². The Balaban J connectivity index is 0.00000441. The number of methoxy groups -OCH3 is 1. The van der Waals surface area contributed by atoms with E-state index in [9.17, 15) is 4.79 Å². The molecule has 0 radical (unpaired) electrons. The minimum atomic E-state index is -0.487. The number of halogens is 1. The molecule has 0 heterocycles. The molecule has 0 bridgehead atoms. The quantitative estimate of drug-likeness (QED) is 0.375. The lowest BCUT2D eigenvalue weighted by Gasteiger charge is -2.08. The molecule has 0 saturated carbocycles. The Morgan fingerprint density at radius 2 is 1.95 bits per heavy atom. The Morgan fingerprint density at radius 1 is 1.32 bits per heavy atom. The maximum atomic E-state index is 11.0. The largest absolute Gasteiger partial charge is 0.453 e. The molecule has 124 valence electrons. The van der Waals surface area contributed by atoms with Crippen LogP contribution in [0, 0.1) is 5.92 Å². The van der Waals surface area contributed by atoms with Crippen molar-refractivity contribution in [1.29, 1.82) is 0 Å². The van der Waals surface area contributed by atoms with E-state index in [0.717, 1.165) is 18.5 Å². The Morgan fingerprint density at radius 3 is 2.50 bits per heavy atom. The Labute approximate surface area is 148 Å². The number of benzene rings is 1. The zero-order valence-corrected chi connectivity index (χ0v) is 15.6. The third kappa shape index (κ3) is 8.71. The van der Waals surface area contributed by atoms with Crippen LogP contribution in [-0.2, 0) is 11.3 Å². The number of rotatable bonds is 6.